The van der Waals surface area contributed by atoms with Gasteiger partial charge in [0.05, 0.1) is 12.7 Å². The molecule has 0 saturated carbocycles. The molecule has 0 bridgehead atoms. The van der Waals surface area contributed by atoms with E-state index in [0.29, 0.717) is 28.8 Å². The highest BCUT2D eigenvalue weighted by Crippen LogP contribution is 2.33. The summed E-state index contributed by atoms with van der Waals surface area (Å²) in [6.07, 6.45) is 0. The summed E-state index contributed by atoms with van der Waals surface area (Å²) in [6, 6.07) is 18.1. The van der Waals surface area contributed by atoms with Crippen molar-refractivity contribution in [3.8, 4) is 34.3 Å². The molecule has 0 unspecified atom stereocenters. The van der Waals surface area contributed by atoms with Crippen LogP contribution in [0.15, 0.2) is 71.3 Å². The van der Waals surface area contributed by atoms with E-state index in [9.17, 15) is 8.78 Å². The van der Waals surface area contributed by atoms with Gasteiger partial charge in [0, 0.05) is 11.1 Å². The van der Waals surface area contributed by atoms with E-state index >= 15 is 0 Å². The standard InChI is InChI=1S/C22H16F2N2O3/c1-27-20-12-15(21-25-22(29-26-21)14-6-3-2-4-7-14)10-11-19(20)28-13-16-17(23)8-5-9-18(16)24/h2-12H,13H2,1H3. The van der Waals surface area contributed by atoms with E-state index in [-0.39, 0.29) is 12.2 Å². The third-order valence-electron chi connectivity index (χ3n) is 4.30. The summed E-state index contributed by atoms with van der Waals surface area (Å²) in [6.45, 7) is -0.269. The molecule has 1 heterocycles. The van der Waals surface area contributed by atoms with Gasteiger partial charge in [-0.3, -0.25) is 0 Å². The van der Waals surface area contributed by atoms with Crippen molar-refractivity contribution in [2.45, 2.75) is 6.61 Å². The normalized spacial score (nSPS) is 10.7. The summed E-state index contributed by atoms with van der Waals surface area (Å²) in [4.78, 5) is 4.40. The number of hydrogen-bond acceptors (Lipinski definition) is 5. The van der Waals surface area contributed by atoms with Gasteiger partial charge in [-0.25, -0.2) is 8.78 Å². The van der Waals surface area contributed by atoms with Gasteiger partial charge in [-0.1, -0.05) is 29.4 Å². The molecule has 4 aromatic rings. The molecule has 0 atom stereocenters. The molecule has 7 heteroatoms. The Kier molecular flexibility index (Phi) is 5.20. The molecule has 146 valence electrons. The van der Waals surface area contributed by atoms with Gasteiger partial charge in [0.2, 0.25) is 5.82 Å². The van der Waals surface area contributed by atoms with Gasteiger partial charge in [-0.2, -0.15) is 4.98 Å². The van der Waals surface area contributed by atoms with Crippen molar-refractivity contribution >= 4 is 0 Å². The predicted octanol–water partition coefficient (Wildman–Crippen LogP) is 5.27. The summed E-state index contributed by atoms with van der Waals surface area (Å²) >= 11 is 0. The molecule has 5 nitrogen and oxygen atoms in total. The molecule has 0 saturated heterocycles. The summed E-state index contributed by atoms with van der Waals surface area (Å²) in [7, 11) is 1.47. The fourth-order valence-corrected chi connectivity index (χ4v) is 2.78. The lowest BCUT2D eigenvalue weighted by Crippen LogP contribution is -2.03. The maximum Gasteiger partial charge on any atom is 0.258 e. The third-order valence-corrected chi connectivity index (χ3v) is 4.30. The molecule has 0 fully saturated rings. The Balaban J connectivity index is 1.56. The highest BCUT2D eigenvalue weighted by atomic mass is 19.1. The van der Waals surface area contributed by atoms with Crippen LogP contribution in [0.2, 0.25) is 0 Å². The number of methoxy groups -OCH3 is 1. The quantitative estimate of drug-likeness (QED) is 0.446. The van der Waals surface area contributed by atoms with Crippen LogP contribution in [0, 0.1) is 11.6 Å². The van der Waals surface area contributed by atoms with Crippen molar-refractivity contribution < 1.29 is 22.8 Å². The average Bonchev–Trinajstić information content (AvgIpc) is 3.24. The van der Waals surface area contributed by atoms with Gasteiger partial charge >= 0.3 is 0 Å². The van der Waals surface area contributed by atoms with Gasteiger partial charge in [-0.15, -0.1) is 0 Å². The van der Waals surface area contributed by atoms with Crippen molar-refractivity contribution in [3.63, 3.8) is 0 Å². The summed E-state index contributed by atoms with van der Waals surface area (Å²) in [5.41, 5.74) is 1.31. The zero-order valence-electron chi connectivity index (χ0n) is 15.4. The molecule has 29 heavy (non-hydrogen) atoms. The first-order valence-electron chi connectivity index (χ1n) is 8.79. The van der Waals surface area contributed by atoms with Crippen LogP contribution in [0.4, 0.5) is 8.78 Å². The average molecular weight is 394 g/mol. The Morgan fingerprint density at radius 2 is 1.62 bits per heavy atom. The third kappa shape index (κ3) is 3.94. The number of nitrogens with zero attached hydrogens (tertiary/aromatic N) is 2. The highest BCUT2D eigenvalue weighted by Gasteiger charge is 2.15. The van der Waals surface area contributed by atoms with Crippen LogP contribution in [0.25, 0.3) is 22.8 Å². The van der Waals surface area contributed by atoms with Crippen LogP contribution in [0.5, 0.6) is 11.5 Å². The van der Waals surface area contributed by atoms with Gasteiger partial charge in [-0.05, 0) is 42.5 Å². The molecular weight excluding hydrogens is 378 g/mol. The summed E-state index contributed by atoms with van der Waals surface area (Å²) in [5.74, 6) is 0.168. The molecule has 0 spiro atoms. The van der Waals surface area contributed by atoms with Crippen molar-refractivity contribution in [1.29, 1.82) is 0 Å². The highest BCUT2D eigenvalue weighted by molar-refractivity contribution is 5.63. The molecule has 0 aliphatic rings. The van der Waals surface area contributed by atoms with Gasteiger partial charge in [0.1, 0.15) is 18.2 Å². The first-order chi connectivity index (χ1) is 14.2. The van der Waals surface area contributed by atoms with Crippen LogP contribution in [0.1, 0.15) is 5.56 Å². The second-order valence-electron chi connectivity index (χ2n) is 6.14. The Hall–Kier alpha value is -3.74. The molecule has 3 aromatic carbocycles. The molecular formula is C22H16F2N2O3. The first-order valence-corrected chi connectivity index (χ1v) is 8.79. The van der Waals surface area contributed by atoms with Crippen molar-refractivity contribution in [2.24, 2.45) is 0 Å². The van der Waals surface area contributed by atoms with Gasteiger partial charge in [0.25, 0.3) is 5.89 Å². The number of aromatic nitrogens is 2. The van der Waals surface area contributed by atoms with E-state index < -0.39 is 11.6 Å². The first kappa shape index (κ1) is 18.6. The summed E-state index contributed by atoms with van der Waals surface area (Å²) < 4.78 is 43.8. The largest absolute Gasteiger partial charge is 0.493 e. The molecule has 0 aliphatic carbocycles. The Morgan fingerprint density at radius 3 is 2.34 bits per heavy atom. The van der Waals surface area contributed by atoms with Crippen LogP contribution < -0.4 is 9.47 Å². The van der Waals surface area contributed by atoms with E-state index in [2.05, 4.69) is 10.1 Å². The Labute approximate surface area is 165 Å². The molecule has 0 aliphatic heterocycles. The van der Waals surface area contributed by atoms with Crippen LogP contribution >= 0.6 is 0 Å². The van der Waals surface area contributed by atoms with Crippen LogP contribution in [-0.4, -0.2) is 17.3 Å². The maximum absolute atomic E-state index is 13.8. The van der Waals surface area contributed by atoms with Crippen molar-refractivity contribution in [1.82, 2.24) is 10.1 Å². The fraction of sp³-hybridized carbons (Fsp3) is 0.0909. The van der Waals surface area contributed by atoms with Gasteiger partial charge < -0.3 is 14.0 Å². The topological polar surface area (TPSA) is 57.4 Å². The zero-order valence-corrected chi connectivity index (χ0v) is 15.4. The van der Waals surface area contributed by atoms with E-state index in [4.69, 9.17) is 14.0 Å². The van der Waals surface area contributed by atoms with Crippen LogP contribution in [0.3, 0.4) is 0 Å². The molecule has 0 N–H and O–H groups in total. The lowest BCUT2D eigenvalue weighted by atomic mass is 10.2. The SMILES string of the molecule is COc1cc(-c2noc(-c3ccccc3)n2)ccc1OCc1c(F)cccc1F. The summed E-state index contributed by atoms with van der Waals surface area (Å²) in [5, 5.41) is 4.00. The Morgan fingerprint density at radius 1 is 0.862 bits per heavy atom. The molecule has 0 amide bonds. The number of rotatable bonds is 6. The number of benzene rings is 3. The molecule has 1 aromatic heterocycles. The number of hydrogen-bond donors (Lipinski definition) is 0. The smallest absolute Gasteiger partial charge is 0.258 e. The monoisotopic (exact) mass is 394 g/mol. The van der Waals surface area contributed by atoms with E-state index in [1.807, 2.05) is 30.3 Å². The number of ether oxygens (including phenoxy) is 2. The molecule has 0 radical (unpaired) electrons. The minimum Gasteiger partial charge on any atom is -0.493 e. The second kappa shape index (κ2) is 8.10. The fourth-order valence-electron chi connectivity index (χ4n) is 2.78. The van der Waals surface area contributed by atoms with Crippen molar-refractivity contribution in [3.05, 3.63) is 83.9 Å². The lowest BCUT2D eigenvalue weighted by molar-refractivity contribution is 0.274. The second-order valence-corrected chi connectivity index (χ2v) is 6.14. The number of halogens is 2. The van der Waals surface area contributed by atoms with Crippen LogP contribution in [-0.2, 0) is 6.61 Å². The maximum atomic E-state index is 13.8. The lowest BCUT2D eigenvalue weighted by Gasteiger charge is -2.12. The zero-order chi connectivity index (χ0) is 20.2. The van der Waals surface area contributed by atoms with E-state index in [1.54, 1.807) is 18.2 Å². The minimum absolute atomic E-state index is 0.149. The van der Waals surface area contributed by atoms with Crippen molar-refractivity contribution in [2.75, 3.05) is 7.11 Å². The minimum atomic E-state index is -0.666. The van der Waals surface area contributed by atoms with Gasteiger partial charge in [0.15, 0.2) is 11.5 Å². The Bertz CT molecular complexity index is 1110. The van der Waals surface area contributed by atoms with E-state index in [1.165, 1.54) is 25.3 Å². The van der Waals surface area contributed by atoms with E-state index in [0.717, 1.165) is 5.56 Å². The predicted molar refractivity (Wildman–Crippen MR) is 102 cm³/mol. The molecule has 4 rings (SSSR count).